The van der Waals surface area contributed by atoms with Crippen LogP contribution in [0.4, 0.5) is 5.69 Å². The SMILES string of the molecule is Nc1ccc(Cn2cncc2C2CCC2)cc1. The number of aromatic nitrogens is 2. The fourth-order valence-electron chi connectivity index (χ4n) is 2.33. The number of benzene rings is 1. The highest BCUT2D eigenvalue weighted by molar-refractivity contribution is 5.39. The number of hydrogen-bond donors (Lipinski definition) is 1. The summed E-state index contributed by atoms with van der Waals surface area (Å²) < 4.78 is 2.26. The first-order valence-corrected chi connectivity index (χ1v) is 6.17. The predicted octanol–water partition coefficient (Wildman–Crippen LogP) is 2.78. The van der Waals surface area contributed by atoms with E-state index in [2.05, 4.69) is 21.7 Å². The third kappa shape index (κ3) is 2.05. The van der Waals surface area contributed by atoms with Gasteiger partial charge in [0.25, 0.3) is 0 Å². The molecule has 2 N–H and O–H groups in total. The minimum Gasteiger partial charge on any atom is -0.399 e. The van der Waals surface area contributed by atoms with Gasteiger partial charge in [-0.1, -0.05) is 18.6 Å². The number of nitrogens with zero attached hydrogens (tertiary/aromatic N) is 2. The number of hydrogen-bond acceptors (Lipinski definition) is 2. The van der Waals surface area contributed by atoms with Gasteiger partial charge in [0.15, 0.2) is 0 Å². The van der Waals surface area contributed by atoms with E-state index >= 15 is 0 Å². The summed E-state index contributed by atoms with van der Waals surface area (Å²) in [5, 5.41) is 0. The van der Waals surface area contributed by atoms with E-state index in [1.54, 1.807) is 0 Å². The molecule has 1 aliphatic carbocycles. The van der Waals surface area contributed by atoms with Crippen molar-refractivity contribution in [3.63, 3.8) is 0 Å². The minimum atomic E-state index is 0.728. The molecule has 0 bridgehead atoms. The largest absolute Gasteiger partial charge is 0.399 e. The quantitative estimate of drug-likeness (QED) is 0.819. The third-order valence-corrected chi connectivity index (χ3v) is 3.60. The van der Waals surface area contributed by atoms with Crippen molar-refractivity contribution in [3.05, 3.63) is 48.0 Å². The summed E-state index contributed by atoms with van der Waals surface area (Å²) in [6, 6.07) is 8.07. The molecule has 2 aromatic rings. The van der Waals surface area contributed by atoms with Crippen molar-refractivity contribution in [2.24, 2.45) is 0 Å². The Balaban J connectivity index is 1.80. The van der Waals surface area contributed by atoms with E-state index in [9.17, 15) is 0 Å². The first-order valence-electron chi connectivity index (χ1n) is 6.17. The fraction of sp³-hybridized carbons (Fsp3) is 0.357. The minimum absolute atomic E-state index is 0.728. The lowest BCUT2D eigenvalue weighted by Gasteiger charge is -2.26. The number of rotatable bonds is 3. The molecule has 1 saturated carbocycles. The van der Waals surface area contributed by atoms with Crippen LogP contribution in [0.1, 0.15) is 36.4 Å². The van der Waals surface area contributed by atoms with Gasteiger partial charge in [-0.25, -0.2) is 4.98 Å². The first kappa shape index (κ1) is 10.4. The van der Waals surface area contributed by atoms with Gasteiger partial charge in [-0.3, -0.25) is 0 Å². The molecule has 88 valence electrons. The zero-order valence-electron chi connectivity index (χ0n) is 9.84. The van der Waals surface area contributed by atoms with Crippen molar-refractivity contribution in [1.82, 2.24) is 9.55 Å². The molecule has 3 nitrogen and oxygen atoms in total. The van der Waals surface area contributed by atoms with Crippen molar-refractivity contribution in [2.75, 3.05) is 5.73 Å². The highest BCUT2D eigenvalue weighted by Crippen LogP contribution is 2.36. The molecule has 0 unspecified atom stereocenters. The summed E-state index contributed by atoms with van der Waals surface area (Å²) in [7, 11) is 0. The Hall–Kier alpha value is -1.77. The van der Waals surface area contributed by atoms with Crippen molar-refractivity contribution in [2.45, 2.75) is 31.7 Å². The Labute approximate surface area is 101 Å². The molecule has 1 aromatic heterocycles. The van der Waals surface area contributed by atoms with Crippen LogP contribution < -0.4 is 5.73 Å². The average molecular weight is 227 g/mol. The highest BCUT2D eigenvalue weighted by atomic mass is 15.0. The topological polar surface area (TPSA) is 43.8 Å². The number of anilines is 1. The van der Waals surface area contributed by atoms with Gasteiger partial charge in [0, 0.05) is 30.0 Å². The van der Waals surface area contributed by atoms with E-state index in [1.165, 1.54) is 30.5 Å². The first-order chi connectivity index (χ1) is 8.33. The Kier molecular flexibility index (Phi) is 2.59. The molecule has 3 rings (SSSR count). The van der Waals surface area contributed by atoms with Crippen LogP contribution in [-0.2, 0) is 6.54 Å². The van der Waals surface area contributed by atoms with Gasteiger partial charge in [0.1, 0.15) is 0 Å². The van der Waals surface area contributed by atoms with Gasteiger partial charge >= 0.3 is 0 Å². The zero-order valence-corrected chi connectivity index (χ0v) is 9.84. The van der Waals surface area contributed by atoms with Crippen LogP contribution >= 0.6 is 0 Å². The van der Waals surface area contributed by atoms with Crippen LogP contribution in [0.5, 0.6) is 0 Å². The average Bonchev–Trinajstić information content (AvgIpc) is 2.68. The molecule has 1 fully saturated rings. The molecule has 0 amide bonds. The zero-order chi connectivity index (χ0) is 11.7. The standard InChI is InChI=1S/C14H17N3/c15-13-6-4-11(5-7-13)9-17-10-16-8-14(17)12-2-1-3-12/h4-8,10,12H,1-3,9,15H2. The molecule has 0 saturated heterocycles. The van der Waals surface area contributed by atoms with Gasteiger partial charge in [0.2, 0.25) is 0 Å². The van der Waals surface area contributed by atoms with E-state index in [-0.39, 0.29) is 0 Å². The molecule has 1 aliphatic rings. The summed E-state index contributed by atoms with van der Waals surface area (Å²) in [4.78, 5) is 4.28. The second-order valence-electron chi connectivity index (χ2n) is 4.82. The van der Waals surface area contributed by atoms with Gasteiger partial charge in [0.05, 0.1) is 6.33 Å². The molecular weight excluding hydrogens is 210 g/mol. The molecule has 0 aliphatic heterocycles. The summed E-state index contributed by atoms with van der Waals surface area (Å²) in [6.45, 7) is 0.895. The van der Waals surface area contributed by atoms with Crippen LogP contribution in [0.3, 0.4) is 0 Å². The highest BCUT2D eigenvalue weighted by Gasteiger charge is 2.22. The molecule has 0 atom stereocenters. The summed E-state index contributed by atoms with van der Waals surface area (Å²) in [5.41, 5.74) is 9.17. The van der Waals surface area contributed by atoms with Crippen molar-refractivity contribution >= 4 is 5.69 Å². The van der Waals surface area contributed by atoms with E-state index in [0.29, 0.717) is 0 Å². The molecule has 1 aromatic carbocycles. The van der Waals surface area contributed by atoms with E-state index in [1.807, 2.05) is 24.7 Å². The molecule has 17 heavy (non-hydrogen) atoms. The maximum absolute atomic E-state index is 5.69. The Bertz CT molecular complexity index is 494. The molecule has 0 spiro atoms. The maximum atomic E-state index is 5.69. The van der Waals surface area contributed by atoms with Crippen molar-refractivity contribution < 1.29 is 0 Å². The van der Waals surface area contributed by atoms with E-state index in [0.717, 1.165) is 18.2 Å². The van der Waals surface area contributed by atoms with Crippen LogP contribution in [0.15, 0.2) is 36.8 Å². The predicted molar refractivity (Wildman–Crippen MR) is 68.8 cm³/mol. The number of nitrogen functional groups attached to an aromatic ring is 1. The van der Waals surface area contributed by atoms with Crippen molar-refractivity contribution in [1.29, 1.82) is 0 Å². The van der Waals surface area contributed by atoms with Crippen LogP contribution in [0.25, 0.3) is 0 Å². The lowest BCUT2D eigenvalue weighted by atomic mass is 9.83. The smallest absolute Gasteiger partial charge is 0.0951 e. The molecule has 0 radical (unpaired) electrons. The third-order valence-electron chi connectivity index (χ3n) is 3.60. The maximum Gasteiger partial charge on any atom is 0.0951 e. The van der Waals surface area contributed by atoms with E-state index in [4.69, 9.17) is 5.73 Å². The monoisotopic (exact) mass is 227 g/mol. The Morgan fingerprint density at radius 3 is 2.65 bits per heavy atom. The van der Waals surface area contributed by atoms with Gasteiger partial charge < -0.3 is 10.3 Å². The molecule has 1 heterocycles. The summed E-state index contributed by atoms with van der Waals surface area (Å²) in [6.07, 6.45) is 7.93. The lowest BCUT2D eigenvalue weighted by molar-refractivity contribution is 0.399. The van der Waals surface area contributed by atoms with Crippen LogP contribution in [-0.4, -0.2) is 9.55 Å². The normalized spacial score (nSPS) is 15.8. The Morgan fingerprint density at radius 2 is 2.00 bits per heavy atom. The van der Waals surface area contributed by atoms with E-state index < -0.39 is 0 Å². The van der Waals surface area contributed by atoms with Crippen LogP contribution in [0, 0.1) is 0 Å². The Morgan fingerprint density at radius 1 is 1.24 bits per heavy atom. The van der Waals surface area contributed by atoms with Crippen LogP contribution in [0.2, 0.25) is 0 Å². The van der Waals surface area contributed by atoms with Gasteiger partial charge in [-0.2, -0.15) is 0 Å². The molecular formula is C14H17N3. The second-order valence-corrected chi connectivity index (χ2v) is 4.82. The van der Waals surface area contributed by atoms with Crippen molar-refractivity contribution in [3.8, 4) is 0 Å². The number of imidazole rings is 1. The molecule has 3 heteroatoms. The summed E-state index contributed by atoms with van der Waals surface area (Å²) >= 11 is 0. The summed E-state index contributed by atoms with van der Waals surface area (Å²) in [5.74, 6) is 0.728. The fourth-order valence-corrected chi connectivity index (χ4v) is 2.33. The number of nitrogens with two attached hydrogens (primary N) is 1. The lowest BCUT2D eigenvalue weighted by Crippen LogP contribution is -2.14. The second kappa shape index (κ2) is 4.24. The van der Waals surface area contributed by atoms with Gasteiger partial charge in [-0.05, 0) is 30.5 Å². The van der Waals surface area contributed by atoms with Gasteiger partial charge in [-0.15, -0.1) is 0 Å².